The molecule has 0 spiro atoms. The predicted molar refractivity (Wildman–Crippen MR) is 75.5 cm³/mol. The molecule has 5 heteroatoms. The Labute approximate surface area is 115 Å². The van der Waals surface area contributed by atoms with Gasteiger partial charge in [0.05, 0.1) is 19.8 Å². The maximum Gasteiger partial charge on any atom is 0.224 e. The molecular weight excluding hydrogens is 242 g/mol. The second kappa shape index (κ2) is 6.70. The first-order valence-electron chi connectivity index (χ1n) is 6.55. The van der Waals surface area contributed by atoms with Crippen molar-refractivity contribution in [2.24, 2.45) is 11.3 Å². The number of methoxy groups -OCH3 is 2. The molecule has 0 saturated heterocycles. The first-order valence-corrected chi connectivity index (χ1v) is 6.55. The molecule has 0 fully saturated rings. The summed E-state index contributed by atoms with van der Waals surface area (Å²) in [5.74, 6) is 1.72. The van der Waals surface area contributed by atoms with Gasteiger partial charge in [-0.3, -0.25) is 0 Å². The lowest BCUT2D eigenvalue weighted by Crippen LogP contribution is -2.33. The second-order valence-corrected chi connectivity index (χ2v) is 5.62. The van der Waals surface area contributed by atoms with Crippen molar-refractivity contribution in [3.8, 4) is 11.8 Å². The molecule has 0 amide bonds. The molecule has 0 aliphatic heterocycles. The fourth-order valence-electron chi connectivity index (χ4n) is 1.60. The van der Waals surface area contributed by atoms with Crippen molar-refractivity contribution in [2.45, 2.75) is 34.2 Å². The smallest absolute Gasteiger partial charge is 0.224 e. The van der Waals surface area contributed by atoms with Crippen LogP contribution in [0.1, 0.15) is 33.3 Å². The molecule has 0 saturated carbocycles. The van der Waals surface area contributed by atoms with Gasteiger partial charge in [-0.25, -0.2) is 9.97 Å². The maximum absolute atomic E-state index is 5.25. The highest BCUT2D eigenvalue weighted by Gasteiger charge is 2.22. The molecule has 0 radical (unpaired) electrons. The molecule has 108 valence electrons. The van der Waals surface area contributed by atoms with Crippen LogP contribution >= 0.6 is 0 Å². The number of ether oxygens (including phenoxy) is 2. The summed E-state index contributed by atoms with van der Waals surface area (Å²) in [4.78, 5) is 8.21. The fraction of sp³-hybridized carbons (Fsp3) is 0.714. The number of hydrogen-bond donors (Lipinski definition) is 1. The summed E-state index contributed by atoms with van der Waals surface area (Å²) in [6, 6.07) is 0. The first-order chi connectivity index (χ1) is 8.92. The van der Waals surface area contributed by atoms with E-state index < -0.39 is 0 Å². The average Bonchev–Trinajstić information content (AvgIpc) is 2.38. The molecule has 0 bridgehead atoms. The van der Waals surface area contributed by atoms with Gasteiger partial charge < -0.3 is 14.8 Å². The van der Waals surface area contributed by atoms with E-state index in [9.17, 15) is 0 Å². The monoisotopic (exact) mass is 267 g/mol. The number of hydrogen-bond acceptors (Lipinski definition) is 5. The van der Waals surface area contributed by atoms with Crippen LogP contribution in [0, 0.1) is 11.3 Å². The summed E-state index contributed by atoms with van der Waals surface area (Å²) >= 11 is 0. The average molecular weight is 267 g/mol. The summed E-state index contributed by atoms with van der Waals surface area (Å²) in [6.45, 7) is 10.5. The van der Waals surface area contributed by atoms with Gasteiger partial charge in [0.1, 0.15) is 6.33 Å². The SMILES string of the molecule is COc1ncnc(OC)c1CNCC(C)(C)C(C)C. The van der Waals surface area contributed by atoms with Gasteiger partial charge in [-0.15, -0.1) is 0 Å². The molecule has 5 nitrogen and oxygen atoms in total. The van der Waals surface area contributed by atoms with Gasteiger partial charge in [-0.1, -0.05) is 27.7 Å². The van der Waals surface area contributed by atoms with E-state index in [1.165, 1.54) is 6.33 Å². The molecular formula is C14H25N3O2. The van der Waals surface area contributed by atoms with Crippen molar-refractivity contribution in [1.82, 2.24) is 15.3 Å². The van der Waals surface area contributed by atoms with Gasteiger partial charge in [0.2, 0.25) is 11.8 Å². The third kappa shape index (κ3) is 4.06. The van der Waals surface area contributed by atoms with E-state index >= 15 is 0 Å². The van der Waals surface area contributed by atoms with Crippen molar-refractivity contribution in [3.63, 3.8) is 0 Å². The van der Waals surface area contributed by atoms with Gasteiger partial charge in [0, 0.05) is 13.1 Å². The van der Waals surface area contributed by atoms with Crippen molar-refractivity contribution in [1.29, 1.82) is 0 Å². The molecule has 1 aromatic heterocycles. The molecule has 0 unspecified atom stereocenters. The Morgan fingerprint density at radius 2 is 1.68 bits per heavy atom. The topological polar surface area (TPSA) is 56.3 Å². The lowest BCUT2D eigenvalue weighted by molar-refractivity contribution is 0.236. The van der Waals surface area contributed by atoms with E-state index in [1.807, 2.05) is 0 Å². The van der Waals surface area contributed by atoms with Gasteiger partial charge in [0.15, 0.2) is 0 Å². The number of rotatable bonds is 7. The number of nitrogens with one attached hydrogen (secondary N) is 1. The minimum Gasteiger partial charge on any atom is -0.481 e. The largest absolute Gasteiger partial charge is 0.481 e. The second-order valence-electron chi connectivity index (χ2n) is 5.62. The maximum atomic E-state index is 5.25. The van der Waals surface area contributed by atoms with Crippen LogP contribution in [0.3, 0.4) is 0 Å². The molecule has 19 heavy (non-hydrogen) atoms. The molecule has 1 aromatic rings. The van der Waals surface area contributed by atoms with Crippen LogP contribution in [0.2, 0.25) is 0 Å². The summed E-state index contributed by atoms with van der Waals surface area (Å²) in [5.41, 5.74) is 1.09. The Kier molecular flexibility index (Phi) is 5.54. The van der Waals surface area contributed by atoms with Crippen molar-refractivity contribution in [2.75, 3.05) is 20.8 Å². The minimum absolute atomic E-state index is 0.232. The Balaban J connectivity index is 2.72. The first kappa shape index (κ1) is 15.7. The summed E-state index contributed by atoms with van der Waals surface area (Å²) in [6.07, 6.45) is 1.44. The number of aromatic nitrogens is 2. The Morgan fingerprint density at radius 1 is 1.16 bits per heavy atom. The lowest BCUT2D eigenvalue weighted by atomic mass is 9.81. The third-order valence-electron chi connectivity index (χ3n) is 3.70. The van der Waals surface area contributed by atoms with Crippen LogP contribution in [0.15, 0.2) is 6.33 Å². The zero-order chi connectivity index (χ0) is 14.5. The van der Waals surface area contributed by atoms with E-state index in [-0.39, 0.29) is 5.41 Å². The third-order valence-corrected chi connectivity index (χ3v) is 3.70. The quantitative estimate of drug-likeness (QED) is 0.821. The van der Waals surface area contributed by atoms with E-state index in [2.05, 4.69) is 43.0 Å². The standard InChI is InChI=1S/C14H25N3O2/c1-10(2)14(3,4)8-15-7-11-12(18-5)16-9-17-13(11)19-6/h9-10,15H,7-8H2,1-6H3. The van der Waals surface area contributed by atoms with Crippen LogP contribution in [-0.2, 0) is 6.54 Å². The van der Waals surface area contributed by atoms with Crippen molar-refractivity contribution < 1.29 is 9.47 Å². The summed E-state index contributed by atoms with van der Waals surface area (Å²) in [7, 11) is 3.20. The molecule has 0 atom stereocenters. The molecule has 0 aliphatic carbocycles. The van der Waals surface area contributed by atoms with Crippen molar-refractivity contribution in [3.05, 3.63) is 11.9 Å². The molecule has 1 heterocycles. The Hall–Kier alpha value is -1.36. The normalized spacial score (nSPS) is 11.7. The zero-order valence-corrected chi connectivity index (χ0v) is 12.8. The Morgan fingerprint density at radius 3 is 2.11 bits per heavy atom. The molecule has 0 aliphatic rings. The van der Waals surface area contributed by atoms with Gasteiger partial charge in [-0.2, -0.15) is 0 Å². The highest BCUT2D eigenvalue weighted by Crippen LogP contribution is 2.26. The van der Waals surface area contributed by atoms with Gasteiger partial charge >= 0.3 is 0 Å². The van der Waals surface area contributed by atoms with Crippen LogP contribution in [-0.4, -0.2) is 30.7 Å². The highest BCUT2D eigenvalue weighted by molar-refractivity contribution is 5.34. The number of nitrogens with zero attached hydrogens (tertiary/aromatic N) is 2. The van der Waals surface area contributed by atoms with E-state index in [4.69, 9.17) is 9.47 Å². The van der Waals surface area contributed by atoms with E-state index in [0.29, 0.717) is 24.2 Å². The summed E-state index contributed by atoms with van der Waals surface area (Å²) in [5, 5.41) is 3.43. The summed E-state index contributed by atoms with van der Waals surface area (Å²) < 4.78 is 10.5. The zero-order valence-electron chi connectivity index (χ0n) is 12.8. The minimum atomic E-state index is 0.232. The van der Waals surface area contributed by atoms with Crippen LogP contribution in [0.25, 0.3) is 0 Å². The van der Waals surface area contributed by atoms with E-state index in [1.54, 1.807) is 14.2 Å². The predicted octanol–water partition coefficient (Wildman–Crippen LogP) is 2.27. The Bertz CT molecular complexity index is 383. The molecule has 1 N–H and O–H groups in total. The highest BCUT2D eigenvalue weighted by atomic mass is 16.5. The van der Waals surface area contributed by atoms with Crippen molar-refractivity contribution >= 4 is 0 Å². The molecule has 1 rings (SSSR count). The van der Waals surface area contributed by atoms with E-state index in [0.717, 1.165) is 12.1 Å². The van der Waals surface area contributed by atoms with Crippen LogP contribution in [0.5, 0.6) is 11.8 Å². The van der Waals surface area contributed by atoms with Crippen LogP contribution < -0.4 is 14.8 Å². The molecule has 0 aromatic carbocycles. The van der Waals surface area contributed by atoms with Crippen LogP contribution in [0.4, 0.5) is 0 Å². The van der Waals surface area contributed by atoms with Gasteiger partial charge in [0.25, 0.3) is 0 Å². The fourth-order valence-corrected chi connectivity index (χ4v) is 1.60. The lowest BCUT2D eigenvalue weighted by Gasteiger charge is -2.29. The van der Waals surface area contributed by atoms with Gasteiger partial charge in [-0.05, 0) is 11.3 Å².